The second-order valence-electron chi connectivity index (χ2n) is 5.48. The lowest BCUT2D eigenvalue weighted by Crippen LogP contribution is -2.41. The highest BCUT2D eigenvalue weighted by molar-refractivity contribution is 5.13. The Morgan fingerprint density at radius 1 is 1.25 bits per heavy atom. The number of rotatable bonds is 10. The second kappa shape index (κ2) is 9.08. The topological polar surface area (TPSA) is 50.7 Å². The lowest BCUT2D eigenvalue weighted by molar-refractivity contribution is -0.0141. The molecule has 1 rings (SSSR count). The minimum atomic E-state index is -0.504. The van der Waals surface area contributed by atoms with E-state index in [4.69, 9.17) is 9.47 Å². The van der Waals surface area contributed by atoms with Crippen LogP contribution in [0.15, 0.2) is 30.3 Å². The average molecular weight is 281 g/mol. The normalized spacial score (nSPS) is 13.4. The van der Waals surface area contributed by atoms with Crippen molar-refractivity contribution in [2.75, 3.05) is 26.3 Å². The first-order valence-corrected chi connectivity index (χ1v) is 7.18. The zero-order valence-corrected chi connectivity index (χ0v) is 12.8. The summed E-state index contributed by atoms with van der Waals surface area (Å²) in [5, 5.41) is 13.0. The summed E-state index contributed by atoms with van der Waals surface area (Å²) in [5.41, 5.74) is 0.907. The van der Waals surface area contributed by atoms with Crippen molar-refractivity contribution in [1.82, 2.24) is 5.32 Å². The Hall–Kier alpha value is -0.940. The standard InChI is InChI=1S/C16H27NO3/c1-4-20-16(2,3)13-17-10-15(18)12-19-11-14-8-6-5-7-9-14/h5-9,15,17-18H,4,10-13H2,1-3H3. The summed E-state index contributed by atoms with van der Waals surface area (Å²) in [5.74, 6) is 0. The molecule has 4 heteroatoms. The van der Waals surface area contributed by atoms with Gasteiger partial charge in [0.05, 0.1) is 24.9 Å². The quantitative estimate of drug-likeness (QED) is 0.688. The van der Waals surface area contributed by atoms with Crippen LogP contribution in [0.25, 0.3) is 0 Å². The van der Waals surface area contributed by atoms with Gasteiger partial charge in [-0.15, -0.1) is 0 Å². The van der Waals surface area contributed by atoms with E-state index >= 15 is 0 Å². The van der Waals surface area contributed by atoms with E-state index in [9.17, 15) is 5.11 Å². The summed E-state index contributed by atoms with van der Waals surface area (Å²) >= 11 is 0. The van der Waals surface area contributed by atoms with Gasteiger partial charge in [0.1, 0.15) is 0 Å². The molecule has 1 aromatic carbocycles. The molecule has 0 aliphatic heterocycles. The zero-order chi connectivity index (χ0) is 14.8. The SMILES string of the molecule is CCOC(C)(C)CNCC(O)COCc1ccccc1. The average Bonchev–Trinajstić information content (AvgIpc) is 2.39. The lowest BCUT2D eigenvalue weighted by Gasteiger charge is -2.25. The van der Waals surface area contributed by atoms with Crippen molar-refractivity contribution in [1.29, 1.82) is 0 Å². The van der Waals surface area contributed by atoms with Crippen LogP contribution in [0.1, 0.15) is 26.3 Å². The highest BCUT2D eigenvalue weighted by Crippen LogP contribution is 2.06. The third kappa shape index (κ3) is 7.60. The van der Waals surface area contributed by atoms with Crippen LogP contribution in [-0.2, 0) is 16.1 Å². The van der Waals surface area contributed by atoms with Gasteiger partial charge in [-0.3, -0.25) is 0 Å². The molecule has 0 spiro atoms. The van der Waals surface area contributed by atoms with E-state index in [0.29, 0.717) is 32.9 Å². The molecular weight excluding hydrogens is 254 g/mol. The summed E-state index contributed by atoms with van der Waals surface area (Å²) in [6, 6.07) is 9.95. The molecular formula is C16H27NO3. The number of ether oxygens (including phenoxy) is 2. The Balaban J connectivity index is 2.10. The number of nitrogens with one attached hydrogen (secondary N) is 1. The zero-order valence-electron chi connectivity index (χ0n) is 12.8. The van der Waals surface area contributed by atoms with Crippen LogP contribution < -0.4 is 5.32 Å². The fraction of sp³-hybridized carbons (Fsp3) is 0.625. The summed E-state index contributed by atoms with van der Waals surface area (Å²) in [6.45, 7) is 8.80. The molecule has 0 saturated carbocycles. The van der Waals surface area contributed by atoms with Crippen molar-refractivity contribution < 1.29 is 14.6 Å². The highest BCUT2D eigenvalue weighted by Gasteiger charge is 2.17. The molecule has 2 N–H and O–H groups in total. The predicted molar refractivity (Wildman–Crippen MR) is 80.7 cm³/mol. The van der Waals surface area contributed by atoms with Crippen molar-refractivity contribution in [2.24, 2.45) is 0 Å². The summed E-state index contributed by atoms with van der Waals surface area (Å²) in [6.07, 6.45) is -0.504. The highest BCUT2D eigenvalue weighted by atomic mass is 16.5. The molecule has 0 heterocycles. The van der Waals surface area contributed by atoms with Crippen molar-refractivity contribution in [3.05, 3.63) is 35.9 Å². The molecule has 1 aromatic rings. The van der Waals surface area contributed by atoms with Gasteiger partial charge in [-0.2, -0.15) is 0 Å². The second-order valence-corrected chi connectivity index (χ2v) is 5.48. The summed E-state index contributed by atoms with van der Waals surface area (Å²) in [4.78, 5) is 0. The third-order valence-corrected chi connectivity index (χ3v) is 2.89. The van der Waals surface area contributed by atoms with Gasteiger partial charge >= 0.3 is 0 Å². The molecule has 0 aliphatic rings. The van der Waals surface area contributed by atoms with Gasteiger partial charge < -0.3 is 19.9 Å². The Morgan fingerprint density at radius 3 is 2.60 bits per heavy atom. The molecule has 0 fully saturated rings. The molecule has 0 radical (unpaired) electrons. The Morgan fingerprint density at radius 2 is 1.95 bits per heavy atom. The van der Waals surface area contributed by atoms with E-state index in [0.717, 1.165) is 5.56 Å². The number of hydrogen-bond acceptors (Lipinski definition) is 4. The minimum Gasteiger partial charge on any atom is -0.389 e. The van der Waals surface area contributed by atoms with Crippen LogP contribution in [-0.4, -0.2) is 43.1 Å². The van der Waals surface area contributed by atoms with Gasteiger partial charge in [0.25, 0.3) is 0 Å². The predicted octanol–water partition coefficient (Wildman–Crippen LogP) is 1.97. The van der Waals surface area contributed by atoms with Gasteiger partial charge in [-0.25, -0.2) is 0 Å². The van der Waals surface area contributed by atoms with E-state index < -0.39 is 6.10 Å². The molecule has 0 aliphatic carbocycles. The van der Waals surface area contributed by atoms with E-state index in [1.165, 1.54) is 0 Å². The van der Waals surface area contributed by atoms with Crippen LogP contribution in [0.3, 0.4) is 0 Å². The Kier molecular flexibility index (Phi) is 7.77. The first kappa shape index (κ1) is 17.1. The molecule has 1 atom stereocenters. The minimum absolute atomic E-state index is 0.209. The van der Waals surface area contributed by atoms with Crippen LogP contribution in [0.2, 0.25) is 0 Å². The number of hydrogen-bond donors (Lipinski definition) is 2. The molecule has 1 unspecified atom stereocenters. The maximum absolute atomic E-state index is 9.83. The van der Waals surface area contributed by atoms with E-state index in [2.05, 4.69) is 5.32 Å². The van der Waals surface area contributed by atoms with Crippen molar-refractivity contribution in [3.63, 3.8) is 0 Å². The summed E-state index contributed by atoms with van der Waals surface area (Å²) < 4.78 is 11.1. The van der Waals surface area contributed by atoms with Crippen LogP contribution in [0.5, 0.6) is 0 Å². The molecule has 20 heavy (non-hydrogen) atoms. The number of aliphatic hydroxyl groups excluding tert-OH is 1. The fourth-order valence-electron chi connectivity index (χ4n) is 1.93. The van der Waals surface area contributed by atoms with E-state index in [1.807, 2.05) is 51.1 Å². The van der Waals surface area contributed by atoms with Crippen LogP contribution in [0, 0.1) is 0 Å². The number of benzene rings is 1. The molecule has 0 aromatic heterocycles. The van der Waals surface area contributed by atoms with Gasteiger partial charge in [0.2, 0.25) is 0 Å². The lowest BCUT2D eigenvalue weighted by atomic mass is 10.1. The van der Waals surface area contributed by atoms with Crippen LogP contribution >= 0.6 is 0 Å². The molecule has 114 valence electrons. The van der Waals surface area contributed by atoms with Crippen molar-refractivity contribution >= 4 is 0 Å². The van der Waals surface area contributed by atoms with Crippen molar-refractivity contribution in [3.8, 4) is 0 Å². The fourth-order valence-corrected chi connectivity index (χ4v) is 1.93. The maximum Gasteiger partial charge on any atom is 0.0897 e. The largest absolute Gasteiger partial charge is 0.389 e. The van der Waals surface area contributed by atoms with Gasteiger partial charge in [0.15, 0.2) is 0 Å². The first-order chi connectivity index (χ1) is 9.53. The van der Waals surface area contributed by atoms with E-state index in [-0.39, 0.29) is 5.60 Å². The van der Waals surface area contributed by atoms with Crippen molar-refractivity contribution in [2.45, 2.75) is 39.1 Å². The van der Waals surface area contributed by atoms with Gasteiger partial charge in [-0.1, -0.05) is 30.3 Å². The van der Waals surface area contributed by atoms with Gasteiger partial charge in [-0.05, 0) is 26.3 Å². The van der Waals surface area contributed by atoms with Crippen LogP contribution in [0.4, 0.5) is 0 Å². The summed E-state index contributed by atoms with van der Waals surface area (Å²) in [7, 11) is 0. The molecule has 0 amide bonds. The molecule has 4 nitrogen and oxygen atoms in total. The smallest absolute Gasteiger partial charge is 0.0897 e. The maximum atomic E-state index is 9.83. The Bertz CT molecular complexity index is 354. The first-order valence-electron chi connectivity index (χ1n) is 7.18. The Labute approximate surface area is 122 Å². The molecule has 0 bridgehead atoms. The third-order valence-electron chi connectivity index (χ3n) is 2.89. The van der Waals surface area contributed by atoms with E-state index in [1.54, 1.807) is 0 Å². The number of aliphatic hydroxyl groups is 1. The van der Waals surface area contributed by atoms with Gasteiger partial charge in [0, 0.05) is 19.7 Å². The molecule has 0 saturated heterocycles. The monoisotopic (exact) mass is 281 g/mol.